The molecule has 1 aromatic carbocycles. The fourth-order valence-corrected chi connectivity index (χ4v) is 3.82. The summed E-state index contributed by atoms with van der Waals surface area (Å²) in [5, 5.41) is 91.4. The van der Waals surface area contributed by atoms with Crippen molar-refractivity contribution in [2.45, 2.75) is 54.7 Å². The molecule has 10 N–H and O–H groups in total. The van der Waals surface area contributed by atoms with E-state index in [-0.39, 0.29) is 5.69 Å². The maximum atomic E-state index is 11.3. The van der Waals surface area contributed by atoms with E-state index in [2.05, 4.69) is 5.32 Å². The molecule has 1 aromatic rings. The summed E-state index contributed by atoms with van der Waals surface area (Å²) in [6, 6.07) is 3.36. The van der Waals surface area contributed by atoms with Crippen LogP contribution in [0, 0.1) is 0 Å². The minimum atomic E-state index is -2.01. The van der Waals surface area contributed by atoms with Crippen LogP contribution in [-0.2, 0) is 14.2 Å². The van der Waals surface area contributed by atoms with Crippen LogP contribution in [0.1, 0.15) is 10.4 Å². The van der Waals surface area contributed by atoms with E-state index in [9.17, 15) is 50.8 Å². The number of aromatic hydroxyl groups is 1. The standard InChI is InChI=1S/C19H27NO13/c21-4-10-12(25)13(26)14(27)18(31-10)32-15-11(5-22)33-19(6-23,16(15)28)20-7-1-2-9(24)8(3-7)17(29)30/h1-3,10-16,18,20-28H,4-6H2,(H,29,30)/t10?,11-,12+,13-,14?,15?,16-,18+,19-/m1/s1. The first-order valence-corrected chi connectivity index (χ1v) is 9.96. The van der Waals surface area contributed by atoms with Crippen LogP contribution in [0.5, 0.6) is 5.75 Å². The molecule has 0 saturated carbocycles. The van der Waals surface area contributed by atoms with E-state index in [4.69, 9.17) is 14.2 Å². The molecule has 9 atom stereocenters. The third kappa shape index (κ3) is 4.76. The second-order valence-corrected chi connectivity index (χ2v) is 7.79. The zero-order chi connectivity index (χ0) is 24.5. The number of aliphatic hydroxyl groups is 7. The van der Waals surface area contributed by atoms with E-state index in [1.54, 1.807) is 0 Å². The smallest absolute Gasteiger partial charge is 0.339 e. The number of nitrogens with one attached hydrogen (secondary N) is 1. The van der Waals surface area contributed by atoms with Crippen LogP contribution in [0.4, 0.5) is 5.69 Å². The molecule has 0 amide bonds. The highest BCUT2D eigenvalue weighted by molar-refractivity contribution is 5.92. The minimum Gasteiger partial charge on any atom is -0.507 e. The van der Waals surface area contributed by atoms with Gasteiger partial charge < -0.3 is 65.5 Å². The minimum absolute atomic E-state index is 0.0310. The summed E-state index contributed by atoms with van der Waals surface area (Å²) in [5.74, 6) is -1.95. The highest BCUT2D eigenvalue weighted by atomic mass is 16.7. The predicted molar refractivity (Wildman–Crippen MR) is 105 cm³/mol. The number of ether oxygens (including phenoxy) is 3. The topological polar surface area (TPSA) is 239 Å². The summed E-state index contributed by atoms with van der Waals surface area (Å²) >= 11 is 0. The van der Waals surface area contributed by atoms with Crippen molar-refractivity contribution in [2.24, 2.45) is 0 Å². The SMILES string of the molecule is O=C(O)c1cc(N[C@]2(CO)O[C@H](CO)C(O[C@@H]3OC(CO)[C@H](O)[C@@H](O)C3O)[C@H]2O)ccc1O. The summed E-state index contributed by atoms with van der Waals surface area (Å²) in [6.45, 7) is -2.33. The molecule has 2 aliphatic heterocycles. The van der Waals surface area contributed by atoms with E-state index < -0.39 is 91.8 Å². The van der Waals surface area contributed by atoms with E-state index >= 15 is 0 Å². The van der Waals surface area contributed by atoms with Gasteiger partial charge in [0.2, 0.25) is 0 Å². The van der Waals surface area contributed by atoms with Gasteiger partial charge in [0.25, 0.3) is 0 Å². The molecule has 3 unspecified atom stereocenters. The maximum Gasteiger partial charge on any atom is 0.339 e. The van der Waals surface area contributed by atoms with Gasteiger partial charge in [0.05, 0.1) is 19.8 Å². The lowest BCUT2D eigenvalue weighted by molar-refractivity contribution is -0.318. The number of hydrogen-bond acceptors (Lipinski definition) is 13. The quantitative estimate of drug-likeness (QED) is 0.161. The third-order valence-corrected chi connectivity index (χ3v) is 5.65. The van der Waals surface area contributed by atoms with Crippen molar-refractivity contribution in [3.8, 4) is 5.75 Å². The number of carbonyl (C=O) groups is 1. The van der Waals surface area contributed by atoms with Gasteiger partial charge in [-0.05, 0) is 18.2 Å². The molecule has 2 fully saturated rings. The van der Waals surface area contributed by atoms with Gasteiger partial charge in [-0.3, -0.25) is 0 Å². The third-order valence-electron chi connectivity index (χ3n) is 5.65. The number of carboxylic acid groups (broad SMARTS) is 1. The van der Waals surface area contributed by atoms with E-state index in [1.807, 2.05) is 0 Å². The molecule has 2 saturated heterocycles. The highest BCUT2D eigenvalue weighted by Gasteiger charge is 2.57. The van der Waals surface area contributed by atoms with E-state index in [1.165, 1.54) is 6.07 Å². The van der Waals surface area contributed by atoms with E-state index in [0.29, 0.717) is 0 Å². The Hall–Kier alpha value is -2.11. The molecule has 0 radical (unpaired) electrons. The van der Waals surface area contributed by atoms with Crippen LogP contribution in [0.15, 0.2) is 18.2 Å². The van der Waals surface area contributed by atoms with Gasteiger partial charge in [-0.25, -0.2) is 4.79 Å². The lowest BCUT2D eigenvalue weighted by atomic mass is 9.98. The lowest BCUT2D eigenvalue weighted by Crippen LogP contribution is -2.61. The normalized spacial score (nSPS) is 38.9. The Morgan fingerprint density at radius 1 is 1.03 bits per heavy atom. The zero-order valence-electron chi connectivity index (χ0n) is 17.1. The highest BCUT2D eigenvalue weighted by Crippen LogP contribution is 2.37. The molecular weight excluding hydrogens is 450 g/mol. The van der Waals surface area contributed by atoms with Crippen LogP contribution >= 0.6 is 0 Å². The Balaban J connectivity index is 1.84. The number of aliphatic hydroxyl groups excluding tert-OH is 7. The summed E-state index contributed by atoms with van der Waals surface area (Å²) in [5.41, 5.74) is -2.45. The second kappa shape index (κ2) is 10.0. The number of rotatable bonds is 8. The Bertz CT molecular complexity index is 838. The molecule has 0 aliphatic carbocycles. The Kier molecular flexibility index (Phi) is 7.75. The summed E-state index contributed by atoms with van der Waals surface area (Å²) < 4.78 is 16.4. The van der Waals surface area contributed by atoms with Crippen LogP contribution in [0.2, 0.25) is 0 Å². The van der Waals surface area contributed by atoms with Crippen molar-refractivity contribution in [3.05, 3.63) is 23.8 Å². The van der Waals surface area contributed by atoms with Crippen LogP contribution in [-0.4, -0.2) is 126 Å². The van der Waals surface area contributed by atoms with Gasteiger partial charge in [-0.2, -0.15) is 0 Å². The van der Waals surface area contributed by atoms with Gasteiger partial charge in [0.15, 0.2) is 12.0 Å². The Morgan fingerprint density at radius 2 is 1.70 bits per heavy atom. The van der Waals surface area contributed by atoms with Crippen molar-refractivity contribution in [1.82, 2.24) is 0 Å². The van der Waals surface area contributed by atoms with Crippen molar-refractivity contribution in [2.75, 3.05) is 25.1 Å². The van der Waals surface area contributed by atoms with Gasteiger partial charge in [-0.15, -0.1) is 0 Å². The largest absolute Gasteiger partial charge is 0.507 e. The monoisotopic (exact) mass is 477 g/mol. The van der Waals surface area contributed by atoms with Crippen LogP contribution in [0.25, 0.3) is 0 Å². The maximum absolute atomic E-state index is 11.3. The lowest BCUT2D eigenvalue weighted by Gasteiger charge is -2.41. The van der Waals surface area contributed by atoms with Crippen molar-refractivity contribution in [1.29, 1.82) is 0 Å². The van der Waals surface area contributed by atoms with Gasteiger partial charge in [0, 0.05) is 5.69 Å². The molecule has 2 aliphatic rings. The summed E-state index contributed by atoms with van der Waals surface area (Å²) in [7, 11) is 0. The molecule has 0 aromatic heterocycles. The molecule has 0 bridgehead atoms. The average Bonchev–Trinajstić information content (AvgIpc) is 3.06. The molecule has 2 heterocycles. The fraction of sp³-hybridized carbons (Fsp3) is 0.632. The molecule has 14 heteroatoms. The molecule has 3 rings (SSSR count). The number of hydrogen-bond donors (Lipinski definition) is 10. The first-order valence-electron chi connectivity index (χ1n) is 9.96. The first-order chi connectivity index (χ1) is 15.6. The summed E-state index contributed by atoms with van der Waals surface area (Å²) in [6.07, 6.45) is -12.6. The molecular formula is C19H27NO13. The molecule has 14 nitrogen and oxygen atoms in total. The Morgan fingerprint density at radius 3 is 2.27 bits per heavy atom. The zero-order valence-corrected chi connectivity index (χ0v) is 17.1. The number of carboxylic acids is 1. The van der Waals surface area contributed by atoms with Gasteiger partial charge in [-0.1, -0.05) is 0 Å². The van der Waals surface area contributed by atoms with E-state index in [0.717, 1.165) is 12.1 Å². The first kappa shape index (κ1) is 25.5. The number of benzene rings is 1. The van der Waals surface area contributed by atoms with Crippen LogP contribution < -0.4 is 5.32 Å². The van der Waals surface area contributed by atoms with Crippen molar-refractivity contribution < 1.29 is 65.0 Å². The van der Waals surface area contributed by atoms with Crippen molar-refractivity contribution >= 4 is 11.7 Å². The second-order valence-electron chi connectivity index (χ2n) is 7.79. The molecule has 0 spiro atoms. The van der Waals surface area contributed by atoms with Gasteiger partial charge >= 0.3 is 5.97 Å². The average molecular weight is 477 g/mol. The molecule has 186 valence electrons. The molecule has 33 heavy (non-hydrogen) atoms. The number of phenols is 1. The Labute approximate surface area is 186 Å². The fourth-order valence-electron chi connectivity index (χ4n) is 3.82. The van der Waals surface area contributed by atoms with Gasteiger partial charge in [0.1, 0.15) is 54.0 Å². The van der Waals surface area contributed by atoms with Crippen molar-refractivity contribution in [3.63, 3.8) is 0 Å². The number of anilines is 1. The number of aromatic carboxylic acids is 1. The summed E-state index contributed by atoms with van der Waals surface area (Å²) in [4.78, 5) is 11.3. The van der Waals surface area contributed by atoms with Crippen LogP contribution in [0.3, 0.4) is 0 Å². The predicted octanol–water partition coefficient (Wildman–Crippen LogP) is -3.87.